The van der Waals surface area contributed by atoms with E-state index in [0.29, 0.717) is 5.41 Å². The van der Waals surface area contributed by atoms with E-state index in [9.17, 15) is 0 Å². The largest absolute Gasteiger partial charge is 0.374 e. The molecule has 1 saturated heterocycles. The lowest BCUT2D eigenvalue weighted by Gasteiger charge is -2.39. The molecule has 0 radical (unpaired) electrons. The average Bonchev–Trinajstić information content (AvgIpc) is 2.74. The van der Waals surface area contributed by atoms with Crippen LogP contribution in [0.2, 0.25) is 0 Å². The van der Waals surface area contributed by atoms with Crippen molar-refractivity contribution >= 4 is 6.29 Å². The second-order valence-electron chi connectivity index (χ2n) is 5.78. The highest BCUT2D eigenvalue weighted by atomic mass is 16.1. The fourth-order valence-corrected chi connectivity index (χ4v) is 3.21. The number of hydrogen-bond acceptors (Lipinski definition) is 3. The number of rotatable bonds is 2. The predicted molar refractivity (Wildman–Crippen MR) is 96.9 cm³/mol. The highest BCUT2D eigenvalue weighted by Gasteiger charge is 2.42. The molecule has 2 rings (SSSR count). The third-order valence-electron chi connectivity index (χ3n) is 4.47. The first-order valence-corrected chi connectivity index (χ1v) is 8.30. The van der Waals surface area contributed by atoms with Gasteiger partial charge in [0, 0.05) is 24.7 Å². The number of piperidine rings is 1. The highest BCUT2D eigenvalue weighted by molar-refractivity contribution is 5.44. The van der Waals surface area contributed by atoms with E-state index >= 15 is 0 Å². The lowest BCUT2D eigenvalue weighted by molar-refractivity contribution is -0.106. The van der Waals surface area contributed by atoms with Crippen molar-refractivity contribution in [1.29, 1.82) is 0 Å². The quantitative estimate of drug-likeness (QED) is 0.571. The van der Waals surface area contributed by atoms with Gasteiger partial charge in [0.25, 0.3) is 0 Å². The number of aldehydes is 1. The Labute approximate surface area is 137 Å². The molecule has 0 aromatic rings. The van der Waals surface area contributed by atoms with Gasteiger partial charge >= 0.3 is 0 Å². The predicted octanol–water partition coefficient (Wildman–Crippen LogP) is 3.89. The Morgan fingerprint density at radius 3 is 2.14 bits per heavy atom. The summed E-state index contributed by atoms with van der Waals surface area (Å²) >= 11 is 0. The van der Waals surface area contributed by atoms with Gasteiger partial charge in [-0.1, -0.05) is 32.6 Å². The average molecular weight is 306 g/mol. The molecule has 0 aliphatic carbocycles. The highest BCUT2D eigenvalue weighted by Crippen LogP contribution is 2.45. The Hall–Kier alpha value is -1.35. The Kier molecular flexibility index (Phi) is 9.75. The zero-order chi connectivity index (χ0) is 17.2. The first kappa shape index (κ1) is 20.6. The number of nitrogens with zero attached hydrogens (tertiary/aromatic N) is 2. The summed E-state index contributed by atoms with van der Waals surface area (Å²) < 4.78 is 0. The summed E-state index contributed by atoms with van der Waals surface area (Å²) in [4.78, 5) is 13.6. The summed E-state index contributed by atoms with van der Waals surface area (Å²) in [5.74, 6) is 0. The van der Waals surface area contributed by atoms with E-state index in [0.717, 1.165) is 6.29 Å². The third-order valence-corrected chi connectivity index (χ3v) is 4.47. The van der Waals surface area contributed by atoms with Crippen LogP contribution in [0, 0.1) is 5.41 Å². The SMILES string of the molecule is C=C/C=C\C1=C(C)C2(CCN(C)CC2)CN1C.CC.CC=O. The van der Waals surface area contributed by atoms with Crippen LogP contribution in [0.25, 0.3) is 0 Å². The lowest BCUT2D eigenvalue weighted by atomic mass is 9.74. The zero-order valence-corrected chi connectivity index (χ0v) is 15.4. The minimum atomic E-state index is 0.433. The van der Waals surface area contributed by atoms with Crippen LogP contribution in [0.1, 0.15) is 40.5 Å². The van der Waals surface area contributed by atoms with Gasteiger partial charge in [0.05, 0.1) is 0 Å². The van der Waals surface area contributed by atoms with Crippen LogP contribution in [-0.2, 0) is 4.79 Å². The zero-order valence-electron chi connectivity index (χ0n) is 15.4. The van der Waals surface area contributed by atoms with Crippen LogP contribution >= 0.6 is 0 Å². The Morgan fingerprint density at radius 2 is 1.68 bits per heavy atom. The number of carbonyl (C=O) groups excluding carboxylic acids is 1. The second kappa shape index (κ2) is 10.4. The van der Waals surface area contributed by atoms with Gasteiger partial charge in [0.1, 0.15) is 6.29 Å². The van der Waals surface area contributed by atoms with Crippen molar-refractivity contribution < 1.29 is 4.79 Å². The molecule has 0 amide bonds. The van der Waals surface area contributed by atoms with Crippen molar-refractivity contribution in [2.24, 2.45) is 5.41 Å². The molecule has 3 heteroatoms. The van der Waals surface area contributed by atoms with Gasteiger partial charge in [0.15, 0.2) is 0 Å². The van der Waals surface area contributed by atoms with Crippen LogP contribution in [-0.4, -0.2) is 49.8 Å². The van der Waals surface area contributed by atoms with Crippen LogP contribution in [0.3, 0.4) is 0 Å². The van der Waals surface area contributed by atoms with Crippen LogP contribution in [0.4, 0.5) is 0 Å². The molecule has 0 N–H and O–H groups in total. The smallest absolute Gasteiger partial charge is 0.116 e. The van der Waals surface area contributed by atoms with Crippen LogP contribution in [0.5, 0.6) is 0 Å². The van der Waals surface area contributed by atoms with Gasteiger partial charge in [-0.05, 0) is 58.5 Å². The van der Waals surface area contributed by atoms with Gasteiger partial charge in [0.2, 0.25) is 0 Å². The third kappa shape index (κ3) is 5.13. The van der Waals surface area contributed by atoms with E-state index in [1.165, 1.54) is 45.1 Å². The Bertz CT molecular complexity index is 402. The molecular weight excluding hydrogens is 272 g/mol. The summed E-state index contributed by atoms with van der Waals surface area (Å²) in [6.45, 7) is 15.1. The number of hydrogen-bond donors (Lipinski definition) is 0. The molecule has 22 heavy (non-hydrogen) atoms. The summed E-state index contributed by atoms with van der Waals surface area (Å²) in [6, 6.07) is 0. The molecule has 126 valence electrons. The maximum absolute atomic E-state index is 8.81. The number of allylic oxidation sites excluding steroid dienone is 3. The Balaban J connectivity index is 0.000000789. The molecule has 2 heterocycles. The number of likely N-dealkylation sites (N-methyl/N-ethyl adjacent to an activating group) is 1. The molecule has 0 saturated carbocycles. The summed E-state index contributed by atoms with van der Waals surface area (Å²) in [6.07, 6.45) is 9.45. The fourth-order valence-electron chi connectivity index (χ4n) is 3.21. The van der Waals surface area contributed by atoms with Gasteiger partial charge in [-0.2, -0.15) is 0 Å². The Morgan fingerprint density at radius 1 is 1.18 bits per heavy atom. The molecule has 1 spiro atoms. The van der Waals surface area contributed by atoms with Crippen molar-refractivity contribution in [3.63, 3.8) is 0 Å². The van der Waals surface area contributed by atoms with E-state index in [1.54, 1.807) is 5.57 Å². The van der Waals surface area contributed by atoms with E-state index in [1.807, 2.05) is 26.0 Å². The van der Waals surface area contributed by atoms with E-state index in [-0.39, 0.29) is 0 Å². The molecule has 0 aromatic carbocycles. The molecule has 0 aromatic heterocycles. The van der Waals surface area contributed by atoms with Crippen LogP contribution < -0.4 is 0 Å². The van der Waals surface area contributed by atoms with Gasteiger partial charge in [-0.3, -0.25) is 0 Å². The van der Waals surface area contributed by atoms with Crippen molar-refractivity contribution in [2.75, 3.05) is 33.7 Å². The van der Waals surface area contributed by atoms with Crippen molar-refractivity contribution in [1.82, 2.24) is 9.80 Å². The summed E-state index contributed by atoms with van der Waals surface area (Å²) in [7, 11) is 4.43. The van der Waals surface area contributed by atoms with Gasteiger partial charge in [-0.25, -0.2) is 0 Å². The van der Waals surface area contributed by atoms with E-state index < -0.39 is 0 Å². The van der Waals surface area contributed by atoms with Crippen LogP contribution in [0.15, 0.2) is 36.1 Å². The maximum atomic E-state index is 8.81. The molecule has 0 bridgehead atoms. The monoisotopic (exact) mass is 306 g/mol. The number of likely N-dealkylation sites (tertiary alicyclic amines) is 1. The number of carbonyl (C=O) groups is 1. The minimum Gasteiger partial charge on any atom is -0.374 e. The molecule has 0 unspecified atom stereocenters. The van der Waals surface area contributed by atoms with E-state index in [2.05, 4.69) is 43.5 Å². The van der Waals surface area contributed by atoms with Crippen molar-refractivity contribution in [3.05, 3.63) is 36.1 Å². The summed E-state index contributed by atoms with van der Waals surface area (Å²) in [5.41, 5.74) is 3.41. The van der Waals surface area contributed by atoms with Gasteiger partial charge < -0.3 is 14.6 Å². The first-order valence-electron chi connectivity index (χ1n) is 8.30. The minimum absolute atomic E-state index is 0.433. The van der Waals surface area contributed by atoms with Crippen molar-refractivity contribution in [2.45, 2.75) is 40.5 Å². The standard InChI is InChI=1S/C15H24N2.C2H4O.C2H6/c1-5-6-7-14-13(2)15(12-17(14)4)8-10-16(3)11-9-15;1-2-3;1-2/h5-7H,1,8-12H2,2-4H3;2H,1H3;1-2H3/b7-6-;;. The molecule has 2 aliphatic rings. The summed E-state index contributed by atoms with van der Waals surface area (Å²) in [5, 5.41) is 0. The normalized spacial score (nSPS) is 20.4. The van der Waals surface area contributed by atoms with Crippen molar-refractivity contribution in [3.8, 4) is 0 Å². The fraction of sp³-hybridized carbons (Fsp3) is 0.632. The van der Waals surface area contributed by atoms with E-state index in [4.69, 9.17) is 4.79 Å². The first-order chi connectivity index (χ1) is 10.5. The molecule has 0 atom stereocenters. The second-order valence-corrected chi connectivity index (χ2v) is 5.78. The molecule has 3 nitrogen and oxygen atoms in total. The topological polar surface area (TPSA) is 23.6 Å². The molecular formula is C19H34N2O. The lowest BCUT2D eigenvalue weighted by Crippen LogP contribution is -2.40. The van der Waals surface area contributed by atoms with Gasteiger partial charge in [-0.15, -0.1) is 0 Å². The molecule has 2 aliphatic heterocycles. The molecule has 1 fully saturated rings. The maximum Gasteiger partial charge on any atom is 0.116 e.